The van der Waals surface area contributed by atoms with Gasteiger partial charge >= 0.3 is 0 Å². The fourth-order valence-electron chi connectivity index (χ4n) is 4.03. The first-order valence-corrected chi connectivity index (χ1v) is 11.9. The van der Waals surface area contributed by atoms with Gasteiger partial charge in [-0.1, -0.05) is 56.8 Å². The van der Waals surface area contributed by atoms with Crippen LogP contribution in [0.25, 0.3) is 16.6 Å². The molecule has 0 radical (unpaired) electrons. The predicted molar refractivity (Wildman–Crippen MR) is 132 cm³/mol. The van der Waals surface area contributed by atoms with Crippen molar-refractivity contribution in [3.05, 3.63) is 69.7 Å². The number of aromatic nitrogens is 2. The summed E-state index contributed by atoms with van der Waals surface area (Å²) in [5.74, 6) is 0.673. The van der Waals surface area contributed by atoms with Crippen molar-refractivity contribution in [2.75, 3.05) is 6.54 Å². The summed E-state index contributed by atoms with van der Waals surface area (Å²) >= 11 is 6.08. The molecule has 170 valence electrons. The molecule has 2 aromatic carbocycles. The van der Waals surface area contributed by atoms with Gasteiger partial charge in [0.25, 0.3) is 5.56 Å². The van der Waals surface area contributed by atoms with Gasteiger partial charge in [-0.15, -0.1) is 0 Å². The topological polar surface area (TPSA) is 55.2 Å². The van der Waals surface area contributed by atoms with Gasteiger partial charge in [-0.05, 0) is 56.2 Å². The zero-order valence-corrected chi connectivity index (χ0v) is 19.9. The molecular formula is C26H32ClN3O2. The van der Waals surface area contributed by atoms with Crippen LogP contribution in [-0.2, 0) is 4.79 Å². The Bertz CT molecular complexity index is 1110. The van der Waals surface area contributed by atoms with Crippen LogP contribution in [0.1, 0.15) is 71.2 Å². The quantitative estimate of drug-likeness (QED) is 0.338. The summed E-state index contributed by atoms with van der Waals surface area (Å²) in [7, 11) is 0. The number of unbranched alkanes of at least 4 members (excludes halogenated alkanes) is 3. The second-order valence-electron chi connectivity index (χ2n) is 8.18. The summed E-state index contributed by atoms with van der Waals surface area (Å²) in [6, 6.07) is 14.1. The molecule has 0 saturated heterocycles. The smallest absolute Gasteiger partial charge is 0.266 e. The lowest BCUT2D eigenvalue weighted by atomic mass is 10.1. The Morgan fingerprint density at radius 2 is 1.75 bits per heavy atom. The maximum absolute atomic E-state index is 13.5. The molecule has 0 N–H and O–H groups in total. The minimum absolute atomic E-state index is 0.112. The summed E-state index contributed by atoms with van der Waals surface area (Å²) in [4.78, 5) is 33.4. The van der Waals surface area contributed by atoms with E-state index in [2.05, 4.69) is 13.8 Å². The summed E-state index contributed by atoms with van der Waals surface area (Å²) in [5.41, 5.74) is 1.18. The number of fused-ring (bicyclic) bond motifs is 1. The number of carbonyl (C=O) groups excluding carboxylic acids is 1. The van der Waals surface area contributed by atoms with Crippen LogP contribution in [0, 0.1) is 0 Å². The number of hydrogen-bond donors (Lipinski definition) is 0. The van der Waals surface area contributed by atoms with E-state index in [1.54, 1.807) is 22.8 Å². The Kier molecular flexibility index (Phi) is 8.46. The first-order valence-electron chi connectivity index (χ1n) is 11.5. The van der Waals surface area contributed by atoms with Crippen LogP contribution in [0.15, 0.2) is 53.3 Å². The number of rotatable bonds is 10. The fourth-order valence-corrected chi connectivity index (χ4v) is 4.16. The first kappa shape index (κ1) is 24.0. The molecule has 6 heteroatoms. The molecule has 5 nitrogen and oxygen atoms in total. The zero-order valence-electron chi connectivity index (χ0n) is 19.2. The van der Waals surface area contributed by atoms with E-state index < -0.39 is 0 Å². The van der Waals surface area contributed by atoms with E-state index >= 15 is 0 Å². The molecule has 1 atom stereocenters. The van der Waals surface area contributed by atoms with Gasteiger partial charge in [-0.3, -0.25) is 14.2 Å². The number of hydrogen-bond acceptors (Lipinski definition) is 3. The monoisotopic (exact) mass is 453 g/mol. The van der Waals surface area contributed by atoms with E-state index in [-0.39, 0.29) is 17.5 Å². The van der Waals surface area contributed by atoms with E-state index in [1.165, 1.54) is 0 Å². The van der Waals surface area contributed by atoms with Gasteiger partial charge in [0, 0.05) is 18.0 Å². The molecule has 0 aliphatic carbocycles. The predicted octanol–water partition coefficient (Wildman–Crippen LogP) is 6.31. The summed E-state index contributed by atoms with van der Waals surface area (Å²) < 4.78 is 1.62. The minimum Gasteiger partial charge on any atom is -0.333 e. The zero-order chi connectivity index (χ0) is 23.1. The molecule has 1 heterocycles. The highest BCUT2D eigenvalue weighted by Gasteiger charge is 2.26. The molecule has 1 amide bonds. The third kappa shape index (κ3) is 5.39. The molecule has 0 saturated carbocycles. The molecule has 1 aromatic heterocycles. The Hall–Kier alpha value is -2.66. The van der Waals surface area contributed by atoms with Gasteiger partial charge in [0.15, 0.2) is 0 Å². The molecule has 0 bridgehead atoms. The Balaban J connectivity index is 2.08. The molecule has 0 aliphatic heterocycles. The third-order valence-corrected chi connectivity index (χ3v) is 6.01. The van der Waals surface area contributed by atoms with Crippen LogP contribution >= 0.6 is 11.6 Å². The molecular weight excluding hydrogens is 422 g/mol. The minimum atomic E-state index is -0.346. The van der Waals surface area contributed by atoms with Crippen molar-refractivity contribution in [3.8, 4) is 5.69 Å². The highest BCUT2D eigenvalue weighted by Crippen LogP contribution is 2.25. The normalized spacial score (nSPS) is 12.1. The maximum atomic E-state index is 13.5. The molecule has 32 heavy (non-hydrogen) atoms. The molecule has 3 rings (SSSR count). The Morgan fingerprint density at radius 3 is 2.44 bits per heavy atom. The second kappa shape index (κ2) is 11.3. The van der Waals surface area contributed by atoms with Gasteiger partial charge in [-0.25, -0.2) is 4.98 Å². The van der Waals surface area contributed by atoms with E-state index in [9.17, 15) is 9.59 Å². The molecule has 0 spiro atoms. The van der Waals surface area contributed by atoms with E-state index in [0.29, 0.717) is 40.4 Å². The largest absolute Gasteiger partial charge is 0.333 e. The summed E-state index contributed by atoms with van der Waals surface area (Å²) in [6.07, 6.45) is 5.57. The Labute approximate surface area is 195 Å². The van der Waals surface area contributed by atoms with Gasteiger partial charge in [-0.2, -0.15) is 0 Å². The average molecular weight is 454 g/mol. The van der Waals surface area contributed by atoms with Crippen molar-refractivity contribution in [1.29, 1.82) is 0 Å². The van der Waals surface area contributed by atoms with Gasteiger partial charge in [0.2, 0.25) is 5.91 Å². The van der Waals surface area contributed by atoms with Gasteiger partial charge in [0.05, 0.1) is 22.6 Å². The van der Waals surface area contributed by atoms with Crippen molar-refractivity contribution < 1.29 is 4.79 Å². The highest BCUT2D eigenvalue weighted by atomic mass is 35.5. The van der Waals surface area contributed by atoms with E-state index in [1.807, 2.05) is 42.2 Å². The fraction of sp³-hybridized carbons (Fsp3) is 0.423. The van der Waals surface area contributed by atoms with Crippen molar-refractivity contribution in [1.82, 2.24) is 14.5 Å². The van der Waals surface area contributed by atoms with Crippen LogP contribution < -0.4 is 5.56 Å². The summed E-state index contributed by atoms with van der Waals surface area (Å²) in [5, 5.41) is 1.14. The van der Waals surface area contributed by atoms with Crippen LogP contribution in [0.4, 0.5) is 0 Å². The molecule has 3 aromatic rings. The van der Waals surface area contributed by atoms with Gasteiger partial charge in [0.1, 0.15) is 5.82 Å². The number of benzene rings is 2. The van der Waals surface area contributed by atoms with Crippen LogP contribution in [0.2, 0.25) is 5.02 Å². The molecule has 0 aliphatic rings. The lowest BCUT2D eigenvalue weighted by Gasteiger charge is -2.30. The molecule has 0 fully saturated rings. The van der Waals surface area contributed by atoms with Gasteiger partial charge < -0.3 is 4.90 Å². The standard InChI is InChI=1S/C26H32ClN3O2/c1-4-6-7-8-13-24(31)29(18-5-2)19(3)25-28-23-12-10-9-11-22(23)26(32)30(25)21-16-14-20(27)15-17-21/h9-12,14-17,19H,4-8,13,18H2,1-3H3. The van der Waals surface area contributed by atoms with Crippen LogP contribution in [-0.4, -0.2) is 26.9 Å². The Morgan fingerprint density at radius 1 is 1.03 bits per heavy atom. The number of halogens is 1. The second-order valence-corrected chi connectivity index (χ2v) is 8.61. The third-order valence-electron chi connectivity index (χ3n) is 5.76. The number of nitrogens with zero attached hydrogens (tertiary/aromatic N) is 3. The lowest BCUT2D eigenvalue weighted by molar-refractivity contribution is -0.133. The number of carbonyl (C=O) groups is 1. The van der Waals surface area contributed by atoms with Crippen molar-refractivity contribution >= 4 is 28.4 Å². The van der Waals surface area contributed by atoms with E-state index in [4.69, 9.17) is 16.6 Å². The maximum Gasteiger partial charge on any atom is 0.266 e. The highest BCUT2D eigenvalue weighted by molar-refractivity contribution is 6.30. The van der Waals surface area contributed by atoms with Crippen LogP contribution in [0.5, 0.6) is 0 Å². The van der Waals surface area contributed by atoms with Crippen molar-refractivity contribution in [2.24, 2.45) is 0 Å². The van der Waals surface area contributed by atoms with Crippen LogP contribution in [0.3, 0.4) is 0 Å². The van der Waals surface area contributed by atoms with E-state index in [0.717, 1.165) is 32.1 Å². The number of amides is 1. The lowest BCUT2D eigenvalue weighted by Crippen LogP contribution is -2.37. The average Bonchev–Trinajstić information content (AvgIpc) is 2.80. The van der Waals surface area contributed by atoms with Crippen molar-refractivity contribution in [2.45, 2.75) is 65.3 Å². The SMILES string of the molecule is CCCCCCC(=O)N(CCC)C(C)c1nc2ccccc2c(=O)n1-c1ccc(Cl)cc1. The summed E-state index contributed by atoms with van der Waals surface area (Å²) in [6.45, 7) is 6.80. The molecule has 1 unspecified atom stereocenters. The number of para-hydroxylation sites is 1. The van der Waals surface area contributed by atoms with Crippen molar-refractivity contribution in [3.63, 3.8) is 0 Å². The first-order chi connectivity index (χ1) is 15.5.